The van der Waals surface area contributed by atoms with E-state index >= 15 is 0 Å². The predicted molar refractivity (Wildman–Crippen MR) is 134 cm³/mol. The number of nitrogens with one attached hydrogen (secondary N) is 1. The van der Waals surface area contributed by atoms with Crippen molar-refractivity contribution in [3.8, 4) is 22.9 Å². The Balaban J connectivity index is 1.36. The zero-order valence-electron chi connectivity index (χ0n) is 19.9. The van der Waals surface area contributed by atoms with Crippen molar-refractivity contribution in [1.82, 2.24) is 15.3 Å². The number of benzene rings is 2. The lowest BCUT2D eigenvalue weighted by atomic mass is 9.92. The number of aromatic hydroxyl groups is 1. The number of amides is 1. The number of nitriles is 1. The molecule has 36 heavy (non-hydrogen) atoms. The summed E-state index contributed by atoms with van der Waals surface area (Å²) in [7, 11) is 0. The molecule has 0 spiro atoms. The van der Waals surface area contributed by atoms with Crippen molar-refractivity contribution >= 4 is 17.6 Å². The van der Waals surface area contributed by atoms with Crippen LogP contribution in [0.25, 0.3) is 11.1 Å². The van der Waals surface area contributed by atoms with Gasteiger partial charge in [-0.25, -0.2) is 9.97 Å². The highest BCUT2D eigenvalue weighted by Crippen LogP contribution is 2.28. The lowest BCUT2D eigenvalue weighted by Gasteiger charge is -2.33. The van der Waals surface area contributed by atoms with Crippen molar-refractivity contribution in [2.45, 2.75) is 26.2 Å². The molecule has 1 aromatic heterocycles. The molecule has 0 saturated carbocycles. The Kier molecular flexibility index (Phi) is 7.44. The number of aromatic nitrogens is 2. The molecule has 1 aliphatic heterocycles. The SMILES string of the molecule is Cc1nc(CC2CCN(c3ccc(-c4ccc(C#N)cc4)cc3)CC2)nc(C(=O)NCC(=O)O)c1O. The second-order valence-electron chi connectivity index (χ2n) is 8.87. The molecule has 3 aromatic rings. The van der Waals surface area contributed by atoms with E-state index in [2.05, 4.69) is 50.5 Å². The Bertz CT molecular complexity index is 1290. The number of carboxylic acids is 1. The molecule has 1 amide bonds. The average Bonchev–Trinajstić information content (AvgIpc) is 2.90. The van der Waals surface area contributed by atoms with Crippen LogP contribution in [0.2, 0.25) is 0 Å². The van der Waals surface area contributed by atoms with E-state index in [1.165, 1.54) is 0 Å². The van der Waals surface area contributed by atoms with Gasteiger partial charge >= 0.3 is 5.97 Å². The normalized spacial score (nSPS) is 13.7. The van der Waals surface area contributed by atoms with Gasteiger partial charge in [0, 0.05) is 25.2 Å². The van der Waals surface area contributed by atoms with E-state index in [1.54, 1.807) is 6.92 Å². The highest BCUT2D eigenvalue weighted by Gasteiger charge is 2.23. The first-order chi connectivity index (χ1) is 17.3. The van der Waals surface area contributed by atoms with Crippen molar-refractivity contribution < 1.29 is 19.8 Å². The summed E-state index contributed by atoms with van der Waals surface area (Å²) < 4.78 is 0. The minimum Gasteiger partial charge on any atom is -0.504 e. The summed E-state index contributed by atoms with van der Waals surface area (Å²) in [5.41, 5.74) is 4.06. The standard InChI is InChI=1S/C27H27N5O4/c1-17-26(35)25(27(36)29-16-24(33)34)31-23(30-17)14-18-10-12-32(13-11-18)22-8-6-21(7-9-22)20-4-2-19(15-28)3-5-20/h2-9,18,35H,10-14,16H2,1H3,(H,29,36)(H,33,34). The van der Waals surface area contributed by atoms with E-state index in [0.29, 0.717) is 29.4 Å². The largest absolute Gasteiger partial charge is 0.504 e. The van der Waals surface area contributed by atoms with Crippen LogP contribution in [0, 0.1) is 24.2 Å². The number of aliphatic carboxylic acids is 1. The molecule has 4 rings (SSSR count). The van der Waals surface area contributed by atoms with Crippen LogP contribution in [0.5, 0.6) is 5.75 Å². The number of hydrogen-bond donors (Lipinski definition) is 3. The van der Waals surface area contributed by atoms with E-state index in [-0.39, 0.29) is 11.4 Å². The first-order valence-electron chi connectivity index (χ1n) is 11.8. The van der Waals surface area contributed by atoms with Crippen LogP contribution in [0.4, 0.5) is 5.69 Å². The third-order valence-corrected chi connectivity index (χ3v) is 6.39. The Morgan fingerprint density at radius 1 is 1.06 bits per heavy atom. The van der Waals surface area contributed by atoms with Crippen LogP contribution >= 0.6 is 0 Å². The lowest BCUT2D eigenvalue weighted by molar-refractivity contribution is -0.135. The molecule has 0 atom stereocenters. The van der Waals surface area contributed by atoms with Gasteiger partial charge in [-0.1, -0.05) is 24.3 Å². The van der Waals surface area contributed by atoms with Crippen molar-refractivity contribution in [2.75, 3.05) is 24.5 Å². The smallest absolute Gasteiger partial charge is 0.322 e. The van der Waals surface area contributed by atoms with Crippen LogP contribution in [0.1, 0.15) is 40.4 Å². The summed E-state index contributed by atoms with van der Waals surface area (Å²) in [6.07, 6.45) is 2.44. The molecule has 0 radical (unpaired) electrons. The monoisotopic (exact) mass is 485 g/mol. The Labute approximate surface area is 209 Å². The number of piperidine rings is 1. The molecule has 1 fully saturated rings. The molecule has 9 heteroatoms. The molecule has 1 saturated heterocycles. The van der Waals surface area contributed by atoms with Gasteiger partial charge in [0.05, 0.1) is 17.3 Å². The first-order valence-corrected chi connectivity index (χ1v) is 11.8. The molecule has 9 nitrogen and oxygen atoms in total. The molecular weight excluding hydrogens is 458 g/mol. The number of hydrogen-bond acceptors (Lipinski definition) is 7. The number of carbonyl (C=O) groups excluding carboxylic acids is 1. The van der Waals surface area contributed by atoms with Gasteiger partial charge in [-0.15, -0.1) is 0 Å². The highest BCUT2D eigenvalue weighted by atomic mass is 16.4. The summed E-state index contributed by atoms with van der Waals surface area (Å²) in [5.74, 6) is -1.44. The molecule has 1 aliphatic rings. The predicted octanol–water partition coefficient (Wildman–Crippen LogP) is 3.30. The average molecular weight is 486 g/mol. The Hall–Kier alpha value is -4.45. The fourth-order valence-corrected chi connectivity index (χ4v) is 4.37. The highest BCUT2D eigenvalue weighted by molar-refractivity contribution is 5.96. The van der Waals surface area contributed by atoms with Gasteiger partial charge in [-0.05, 0) is 61.1 Å². The molecule has 184 valence electrons. The molecule has 2 heterocycles. The van der Waals surface area contributed by atoms with Crippen LogP contribution in [-0.4, -0.2) is 51.7 Å². The fraction of sp³-hybridized carbons (Fsp3) is 0.296. The van der Waals surface area contributed by atoms with Crippen molar-refractivity contribution in [3.63, 3.8) is 0 Å². The number of carboxylic acid groups (broad SMARTS) is 1. The maximum atomic E-state index is 12.3. The lowest BCUT2D eigenvalue weighted by Crippen LogP contribution is -2.34. The van der Waals surface area contributed by atoms with Crippen molar-refractivity contribution in [2.24, 2.45) is 5.92 Å². The first kappa shape index (κ1) is 24.7. The van der Waals surface area contributed by atoms with Crippen molar-refractivity contribution in [3.05, 3.63) is 71.3 Å². The van der Waals surface area contributed by atoms with E-state index in [4.69, 9.17) is 10.4 Å². The molecule has 0 aliphatic carbocycles. The van der Waals surface area contributed by atoms with Gasteiger partial charge in [-0.3, -0.25) is 9.59 Å². The topological polar surface area (TPSA) is 139 Å². The van der Waals surface area contributed by atoms with Gasteiger partial charge in [0.15, 0.2) is 11.4 Å². The Morgan fingerprint density at radius 2 is 1.67 bits per heavy atom. The number of anilines is 1. The number of nitrogens with zero attached hydrogens (tertiary/aromatic N) is 4. The molecule has 2 aromatic carbocycles. The second kappa shape index (κ2) is 10.9. The molecule has 0 unspecified atom stereocenters. The van der Waals surface area contributed by atoms with Crippen LogP contribution < -0.4 is 10.2 Å². The van der Waals surface area contributed by atoms with Crippen molar-refractivity contribution in [1.29, 1.82) is 5.26 Å². The van der Waals surface area contributed by atoms with Gasteiger partial charge < -0.3 is 20.4 Å². The van der Waals surface area contributed by atoms with E-state index in [0.717, 1.165) is 42.7 Å². The molecular formula is C27H27N5O4. The number of carbonyl (C=O) groups is 2. The molecule has 0 bridgehead atoms. The third kappa shape index (κ3) is 5.78. The van der Waals surface area contributed by atoms with Gasteiger partial charge in [0.2, 0.25) is 0 Å². The maximum Gasteiger partial charge on any atom is 0.322 e. The quantitative estimate of drug-likeness (QED) is 0.463. The Morgan fingerprint density at radius 3 is 2.25 bits per heavy atom. The minimum atomic E-state index is -1.18. The summed E-state index contributed by atoms with van der Waals surface area (Å²) in [6.45, 7) is 2.80. The summed E-state index contributed by atoms with van der Waals surface area (Å²) >= 11 is 0. The van der Waals surface area contributed by atoms with E-state index < -0.39 is 18.4 Å². The summed E-state index contributed by atoms with van der Waals surface area (Å²) in [4.78, 5) is 33.9. The molecule has 3 N–H and O–H groups in total. The van der Waals surface area contributed by atoms with Gasteiger partial charge in [0.1, 0.15) is 12.4 Å². The van der Waals surface area contributed by atoms with Crippen LogP contribution in [0.3, 0.4) is 0 Å². The minimum absolute atomic E-state index is 0.196. The van der Waals surface area contributed by atoms with Gasteiger partial charge in [-0.2, -0.15) is 5.26 Å². The van der Waals surface area contributed by atoms with Crippen LogP contribution in [0.15, 0.2) is 48.5 Å². The second-order valence-corrected chi connectivity index (χ2v) is 8.87. The van der Waals surface area contributed by atoms with Gasteiger partial charge in [0.25, 0.3) is 5.91 Å². The van der Waals surface area contributed by atoms with E-state index in [9.17, 15) is 14.7 Å². The van der Waals surface area contributed by atoms with Crippen LogP contribution in [-0.2, 0) is 11.2 Å². The number of rotatable bonds is 7. The summed E-state index contributed by atoms with van der Waals surface area (Å²) in [5, 5.41) is 30.2. The fourth-order valence-electron chi connectivity index (χ4n) is 4.37. The maximum absolute atomic E-state index is 12.3. The zero-order valence-corrected chi connectivity index (χ0v) is 19.9. The zero-order chi connectivity index (χ0) is 25.7. The summed E-state index contributed by atoms with van der Waals surface area (Å²) in [6, 6.07) is 18.1. The van der Waals surface area contributed by atoms with E-state index in [1.807, 2.05) is 24.3 Å². The third-order valence-electron chi connectivity index (χ3n) is 6.39. The number of aryl methyl sites for hydroxylation is 1.